The summed E-state index contributed by atoms with van der Waals surface area (Å²) < 4.78 is 6.33. The Morgan fingerprint density at radius 1 is 1.27 bits per heavy atom. The van der Waals surface area contributed by atoms with Crippen molar-refractivity contribution >= 4 is 11.7 Å². The molecule has 0 spiro atoms. The largest absolute Gasteiger partial charge is 0.360 e. The second-order valence-electron chi connectivity index (χ2n) is 4.90. The third-order valence-electron chi connectivity index (χ3n) is 3.03. The molecule has 0 unspecified atom stereocenters. The fourth-order valence-electron chi connectivity index (χ4n) is 1.96. The normalized spacial score (nSPS) is 10.6. The number of nitrogens with zero attached hydrogens (tertiary/aromatic N) is 5. The number of benzene rings is 1. The number of tetrazole rings is 1. The van der Waals surface area contributed by atoms with Gasteiger partial charge in [-0.1, -0.05) is 35.0 Å². The Morgan fingerprint density at radius 2 is 2.05 bits per heavy atom. The van der Waals surface area contributed by atoms with Crippen LogP contribution < -0.4 is 5.32 Å². The molecule has 0 radical (unpaired) electrons. The topological polar surface area (TPSA) is 98.7 Å². The van der Waals surface area contributed by atoms with Gasteiger partial charge in [0, 0.05) is 11.6 Å². The van der Waals surface area contributed by atoms with E-state index in [2.05, 4.69) is 26.0 Å². The third-order valence-corrected chi connectivity index (χ3v) is 3.03. The smallest absolute Gasteiger partial charge is 0.247 e. The van der Waals surface area contributed by atoms with Crippen molar-refractivity contribution in [2.75, 3.05) is 5.32 Å². The summed E-state index contributed by atoms with van der Waals surface area (Å²) >= 11 is 0. The zero-order valence-electron chi connectivity index (χ0n) is 12.1. The highest BCUT2D eigenvalue weighted by Crippen LogP contribution is 2.16. The molecular formula is C14H14N6O2. The summed E-state index contributed by atoms with van der Waals surface area (Å²) in [5.41, 5.74) is 1.99. The van der Waals surface area contributed by atoms with Crippen LogP contribution in [0.3, 0.4) is 0 Å². The fourth-order valence-corrected chi connectivity index (χ4v) is 1.96. The molecule has 22 heavy (non-hydrogen) atoms. The van der Waals surface area contributed by atoms with E-state index in [0.717, 1.165) is 11.1 Å². The fraction of sp³-hybridized carbons (Fsp3) is 0.214. The minimum Gasteiger partial charge on any atom is -0.360 e. The van der Waals surface area contributed by atoms with Crippen molar-refractivity contribution < 1.29 is 9.32 Å². The average molecular weight is 298 g/mol. The molecule has 0 saturated carbocycles. The standard InChI is InChI=1S/C14H14N6O2/c1-9-3-5-11(6-4-9)14-16-18-19-20(14)8-13(21)15-12-7-10(2)22-17-12/h3-7H,8H2,1-2H3,(H,15,17,21). The highest BCUT2D eigenvalue weighted by Gasteiger charge is 2.13. The second kappa shape index (κ2) is 5.76. The van der Waals surface area contributed by atoms with Crippen LogP contribution in [-0.4, -0.2) is 31.3 Å². The third kappa shape index (κ3) is 3.00. The molecule has 0 atom stereocenters. The molecule has 0 saturated heterocycles. The van der Waals surface area contributed by atoms with E-state index < -0.39 is 0 Å². The van der Waals surface area contributed by atoms with Crippen LogP contribution in [0.2, 0.25) is 0 Å². The average Bonchev–Trinajstić information content (AvgIpc) is 3.09. The quantitative estimate of drug-likeness (QED) is 0.785. The molecule has 112 valence electrons. The number of aryl methyl sites for hydroxylation is 2. The molecule has 2 heterocycles. The summed E-state index contributed by atoms with van der Waals surface area (Å²) in [6, 6.07) is 9.39. The van der Waals surface area contributed by atoms with Crippen LogP contribution >= 0.6 is 0 Å². The number of hydrogen-bond donors (Lipinski definition) is 1. The van der Waals surface area contributed by atoms with Crippen LogP contribution in [0.1, 0.15) is 11.3 Å². The number of carbonyl (C=O) groups excluding carboxylic acids is 1. The van der Waals surface area contributed by atoms with E-state index in [9.17, 15) is 4.79 Å². The van der Waals surface area contributed by atoms with Crippen molar-refractivity contribution in [2.45, 2.75) is 20.4 Å². The number of anilines is 1. The predicted octanol–water partition coefficient (Wildman–Crippen LogP) is 1.58. The molecule has 1 amide bonds. The molecule has 0 fully saturated rings. The van der Waals surface area contributed by atoms with Gasteiger partial charge in [-0.25, -0.2) is 4.68 Å². The molecule has 8 nitrogen and oxygen atoms in total. The zero-order chi connectivity index (χ0) is 15.5. The lowest BCUT2D eigenvalue weighted by Crippen LogP contribution is -2.20. The van der Waals surface area contributed by atoms with E-state index >= 15 is 0 Å². The number of aromatic nitrogens is 5. The maximum absolute atomic E-state index is 12.0. The Bertz CT molecular complexity index is 790. The monoisotopic (exact) mass is 298 g/mol. The Labute approximate surface area is 126 Å². The first-order valence-electron chi connectivity index (χ1n) is 6.68. The molecule has 0 bridgehead atoms. The van der Waals surface area contributed by atoms with E-state index in [1.54, 1.807) is 13.0 Å². The molecule has 1 aromatic carbocycles. The van der Waals surface area contributed by atoms with Gasteiger partial charge in [0.05, 0.1) is 0 Å². The van der Waals surface area contributed by atoms with Gasteiger partial charge in [-0.15, -0.1) is 5.10 Å². The van der Waals surface area contributed by atoms with E-state index in [4.69, 9.17) is 4.52 Å². The molecule has 3 rings (SSSR count). The van der Waals surface area contributed by atoms with Crippen LogP contribution in [0.25, 0.3) is 11.4 Å². The molecule has 0 aliphatic carbocycles. The van der Waals surface area contributed by atoms with Crippen molar-refractivity contribution in [1.82, 2.24) is 25.4 Å². The lowest BCUT2D eigenvalue weighted by atomic mass is 10.1. The molecule has 1 N–H and O–H groups in total. The number of amides is 1. The predicted molar refractivity (Wildman–Crippen MR) is 77.9 cm³/mol. The summed E-state index contributed by atoms with van der Waals surface area (Å²) in [6.45, 7) is 3.74. The maximum atomic E-state index is 12.0. The van der Waals surface area contributed by atoms with Crippen molar-refractivity contribution in [3.8, 4) is 11.4 Å². The number of carbonyl (C=O) groups is 1. The van der Waals surface area contributed by atoms with Crippen molar-refractivity contribution in [1.29, 1.82) is 0 Å². The molecular weight excluding hydrogens is 284 g/mol. The molecule has 0 aliphatic rings. The first-order valence-corrected chi connectivity index (χ1v) is 6.68. The van der Waals surface area contributed by atoms with Gasteiger partial charge in [-0.3, -0.25) is 4.79 Å². The number of rotatable bonds is 4. The van der Waals surface area contributed by atoms with E-state index in [1.807, 2.05) is 31.2 Å². The van der Waals surface area contributed by atoms with E-state index in [1.165, 1.54) is 4.68 Å². The van der Waals surface area contributed by atoms with Gasteiger partial charge >= 0.3 is 0 Å². The highest BCUT2D eigenvalue weighted by atomic mass is 16.5. The zero-order valence-corrected chi connectivity index (χ0v) is 12.1. The second-order valence-corrected chi connectivity index (χ2v) is 4.90. The van der Waals surface area contributed by atoms with Crippen LogP contribution in [0.4, 0.5) is 5.82 Å². The Balaban J connectivity index is 1.74. The van der Waals surface area contributed by atoms with Gasteiger partial charge in [-0.05, 0) is 24.3 Å². The lowest BCUT2D eigenvalue weighted by molar-refractivity contribution is -0.116. The van der Waals surface area contributed by atoms with Gasteiger partial charge in [0.2, 0.25) is 5.91 Å². The lowest BCUT2D eigenvalue weighted by Gasteiger charge is -2.04. The van der Waals surface area contributed by atoms with Crippen molar-refractivity contribution in [2.24, 2.45) is 0 Å². The van der Waals surface area contributed by atoms with Gasteiger partial charge in [0.1, 0.15) is 12.3 Å². The van der Waals surface area contributed by atoms with Crippen LogP contribution in [0.15, 0.2) is 34.9 Å². The molecule has 8 heteroatoms. The van der Waals surface area contributed by atoms with Crippen molar-refractivity contribution in [3.05, 3.63) is 41.7 Å². The molecule has 0 aliphatic heterocycles. The molecule has 2 aromatic heterocycles. The van der Waals surface area contributed by atoms with Gasteiger partial charge in [0.15, 0.2) is 11.6 Å². The minimum atomic E-state index is -0.283. The maximum Gasteiger partial charge on any atom is 0.247 e. The molecule has 3 aromatic rings. The van der Waals surface area contributed by atoms with Gasteiger partial charge in [-0.2, -0.15) is 0 Å². The minimum absolute atomic E-state index is 0.0118. The van der Waals surface area contributed by atoms with Crippen LogP contribution in [0.5, 0.6) is 0 Å². The number of hydrogen-bond acceptors (Lipinski definition) is 6. The highest BCUT2D eigenvalue weighted by molar-refractivity contribution is 5.89. The summed E-state index contributed by atoms with van der Waals surface area (Å²) in [5.74, 6) is 1.24. The van der Waals surface area contributed by atoms with E-state index in [0.29, 0.717) is 17.4 Å². The summed E-state index contributed by atoms with van der Waals surface area (Å²) in [4.78, 5) is 12.0. The number of nitrogens with one attached hydrogen (secondary N) is 1. The summed E-state index contributed by atoms with van der Waals surface area (Å²) in [5, 5.41) is 17.8. The summed E-state index contributed by atoms with van der Waals surface area (Å²) in [6.07, 6.45) is 0. The van der Waals surface area contributed by atoms with Gasteiger partial charge < -0.3 is 9.84 Å². The first-order chi connectivity index (χ1) is 10.6. The van der Waals surface area contributed by atoms with Crippen LogP contribution in [0, 0.1) is 13.8 Å². The summed E-state index contributed by atoms with van der Waals surface area (Å²) in [7, 11) is 0. The SMILES string of the molecule is Cc1ccc(-c2nnnn2CC(=O)Nc2cc(C)on2)cc1. The van der Waals surface area contributed by atoms with E-state index in [-0.39, 0.29) is 12.5 Å². The Kier molecular flexibility index (Phi) is 3.65. The van der Waals surface area contributed by atoms with Gasteiger partial charge in [0.25, 0.3) is 0 Å². The Hall–Kier alpha value is -3.03. The first kappa shape index (κ1) is 13.9. The van der Waals surface area contributed by atoms with Crippen LogP contribution in [-0.2, 0) is 11.3 Å². The van der Waals surface area contributed by atoms with Crippen molar-refractivity contribution in [3.63, 3.8) is 0 Å². The Morgan fingerprint density at radius 3 is 2.73 bits per heavy atom.